The van der Waals surface area contributed by atoms with E-state index < -0.39 is 0 Å². The molecule has 0 aliphatic heterocycles. The van der Waals surface area contributed by atoms with Crippen molar-refractivity contribution < 1.29 is 0 Å². The molecule has 0 saturated heterocycles. The Balaban J connectivity index is 2.14. The summed E-state index contributed by atoms with van der Waals surface area (Å²) in [4.78, 5) is 3.91. The van der Waals surface area contributed by atoms with Crippen molar-refractivity contribution in [3.63, 3.8) is 0 Å². The van der Waals surface area contributed by atoms with Crippen molar-refractivity contribution in [2.75, 3.05) is 26.2 Å². The molecule has 3 heteroatoms. The third kappa shape index (κ3) is 4.33. The standard InChI is InChI=1S/C12H22N2S/c1-4-14(5-2)8-7-13-10-12-11(3)6-9-15-12/h6,9,13H,4-5,7-8,10H2,1-3H3. The van der Waals surface area contributed by atoms with Crippen LogP contribution >= 0.6 is 11.3 Å². The second-order valence-electron chi connectivity index (χ2n) is 3.73. The molecule has 86 valence electrons. The van der Waals surface area contributed by atoms with Crippen LogP contribution in [0.15, 0.2) is 11.4 Å². The molecule has 0 amide bonds. The van der Waals surface area contributed by atoms with E-state index in [9.17, 15) is 0 Å². The van der Waals surface area contributed by atoms with E-state index >= 15 is 0 Å². The Labute approximate surface area is 97.3 Å². The van der Waals surface area contributed by atoms with Crippen LogP contribution in [-0.4, -0.2) is 31.1 Å². The lowest BCUT2D eigenvalue weighted by Crippen LogP contribution is -2.31. The highest BCUT2D eigenvalue weighted by molar-refractivity contribution is 7.10. The van der Waals surface area contributed by atoms with Gasteiger partial charge in [-0.15, -0.1) is 11.3 Å². The third-order valence-corrected chi connectivity index (χ3v) is 3.78. The summed E-state index contributed by atoms with van der Waals surface area (Å²) in [5.41, 5.74) is 1.41. The Morgan fingerprint density at radius 2 is 2.07 bits per heavy atom. The Kier molecular flexibility index (Phi) is 5.91. The molecule has 15 heavy (non-hydrogen) atoms. The van der Waals surface area contributed by atoms with E-state index in [-0.39, 0.29) is 0 Å². The first-order valence-electron chi connectivity index (χ1n) is 5.74. The Bertz CT molecular complexity index is 266. The van der Waals surface area contributed by atoms with Gasteiger partial charge in [-0.1, -0.05) is 13.8 Å². The predicted molar refractivity (Wildman–Crippen MR) is 68.6 cm³/mol. The number of rotatable bonds is 7. The zero-order chi connectivity index (χ0) is 11.1. The molecule has 0 radical (unpaired) electrons. The highest BCUT2D eigenvalue weighted by Gasteiger charge is 2.00. The van der Waals surface area contributed by atoms with Gasteiger partial charge in [0.15, 0.2) is 0 Å². The average molecular weight is 226 g/mol. The predicted octanol–water partition coefficient (Wildman–Crippen LogP) is 2.49. The van der Waals surface area contributed by atoms with Crippen LogP contribution in [0.3, 0.4) is 0 Å². The zero-order valence-corrected chi connectivity index (χ0v) is 10.9. The fourth-order valence-electron chi connectivity index (χ4n) is 1.56. The maximum absolute atomic E-state index is 3.50. The van der Waals surface area contributed by atoms with Gasteiger partial charge in [0.2, 0.25) is 0 Å². The molecule has 1 aromatic rings. The molecule has 0 saturated carbocycles. The molecule has 0 aromatic carbocycles. The molecule has 1 aromatic heterocycles. The summed E-state index contributed by atoms with van der Waals surface area (Å²) in [6, 6.07) is 2.19. The fourth-order valence-corrected chi connectivity index (χ4v) is 2.44. The minimum atomic E-state index is 1.02. The van der Waals surface area contributed by atoms with E-state index in [0.29, 0.717) is 0 Å². The minimum Gasteiger partial charge on any atom is -0.311 e. The first-order chi connectivity index (χ1) is 7.27. The summed E-state index contributed by atoms with van der Waals surface area (Å²) in [7, 11) is 0. The lowest BCUT2D eigenvalue weighted by Gasteiger charge is -2.17. The first kappa shape index (κ1) is 12.7. The van der Waals surface area contributed by atoms with Crippen molar-refractivity contribution in [2.24, 2.45) is 0 Å². The van der Waals surface area contributed by atoms with Gasteiger partial charge < -0.3 is 10.2 Å². The van der Waals surface area contributed by atoms with Gasteiger partial charge in [0.05, 0.1) is 0 Å². The molecule has 0 aliphatic rings. The zero-order valence-electron chi connectivity index (χ0n) is 10.0. The fraction of sp³-hybridized carbons (Fsp3) is 0.667. The molecule has 0 aliphatic carbocycles. The van der Waals surface area contributed by atoms with E-state index in [1.54, 1.807) is 0 Å². The van der Waals surface area contributed by atoms with Gasteiger partial charge in [0.1, 0.15) is 0 Å². The number of nitrogens with one attached hydrogen (secondary N) is 1. The van der Waals surface area contributed by atoms with Crippen molar-refractivity contribution in [1.82, 2.24) is 10.2 Å². The van der Waals surface area contributed by atoms with Crippen molar-refractivity contribution >= 4 is 11.3 Å². The smallest absolute Gasteiger partial charge is 0.0302 e. The van der Waals surface area contributed by atoms with Crippen molar-refractivity contribution in [2.45, 2.75) is 27.3 Å². The summed E-state index contributed by atoms with van der Waals surface area (Å²) in [6.45, 7) is 12.2. The lowest BCUT2D eigenvalue weighted by atomic mass is 10.3. The molecule has 1 heterocycles. The summed E-state index contributed by atoms with van der Waals surface area (Å²) in [6.07, 6.45) is 0. The van der Waals surface area contributed by atoms with Crippen LogP contribution in [0, 0.1) is 6.92 Å². The van der Waals surface area contributed by atoms with Crippen LogP contribution in [0.25, 0.3) is 0 Å². The molecule has 2 nitrogen and oxygen atoms in total. The van der Waals surface area contributed by atoms with Crippen LogP contribution in [0.5, 0.6) is 0 Å². The van der Waals surface area contributed by atoms with E-state index in [1.807, 2.05) is 11.3 Å². The summed E-state index contributed by atoms with van der Waals surface area (Å²) in [5, 5.41) is 5.66. The molecule has 1 N–H and O–H groups in total. The van der Waals surface area contributed by atoms with E-state index in [2.05, 4.69) is 42.4 Å². The second-order valence-corrected chi connectivity index (χ2v) is 4.73. The van der Waals surface area contributed by atoms with Gasteiger partial charge >= 0.3 is 0 Å². The largest absolute Gasteiger partial charge is 0.311 e. The van der Waals surface area contributed by atoms with E-state index in [4.69, 9.17) is 0 Å². The number of hydrogen-bond acceptors (Lipinski definition) is 3. The summed E-state index contributed by atoms with van der Waals surface area (Å²) >= 11 is 1.84. The Morgan fingerprint density at radius 3 is 2.60 bits per heavy atom. The van der Waals surface area contributed by atoms with E-state index in [1.165, 1.54) is 10.4 Å². The topological polar surface area (TPSA) is 15.3 Å². The Morgan fingerprint density at radius 1 is 1.33 bits per heavy atom. The van der Waals surface area contributed by atoms with E-state index in [0.717, 1.165) is 32.7 Å². The number of nitrogens with zero attached hydrogens (tertiary/aromatic N) is 1. The van der Waals surface area contributed by atoms with Crippen LogP contribution < -0.4 is 5.32 Å². The quantitative estimate of drug-likeness (QED) is 0.719. The highest BCUT2D eigenvalue weighted by atomic mass is 32.1. The average Bonchev–Trinajstić information content (AvgIpc) is 2.65. The van der Waals surface area contributed by atoms with Gasteiger partial charge in [0, 0.05) is 24.5 Å². The third-order valence-electron chi connectivity index (χ3n) is 2.75. The molecule has 0 unspecified atom stereocenters. The SMILES string of the molecule is CCN(CC)CCNCc1sccc1C. The van der Waals surface area contributed by atoms with Gasteiger partial charge in [-0.3, -0.25) is 0 Å². The van der Waals surface area contributed by atoms with Gasteiger partial charge in [-0.05, 0) is 37.0 Å². The molecule has 1 rings (SSSR count). The van der Waals surface area contributed by atoms with Crippen molar-refractivity contribution in [1.29, 1.82) is 0 Å². The lowest BCUT2D eigenvalue weighted by molar-refractivity contribution is 0.302. The molecular weight excluding hydrogens is 204 g/mol. The number of hydrogen-bond donors (Lipinski definition) is 1. The molecule has 0 spiro atoms. The van der Waals surface area contributed by atoms with Gasteiger partial charge in [-0.2, -0.15) is 0 Å². The summed E-state index contributed by atoms with van der Waals surface area (Å²) < 4.78 is 0. The van der Waals surface area contributed by atoms with Crippen LogP contribution in [0.2, 0.25) is 0 Å². The second kappa shape index (κ2) is 6.99. The molecule has 0 fully saturated rings. The summed E-state index contributed by atoms with van der Waals surface area (Å²) in [5.74, 6) is 0. The first-order valence-corrected chi connectivity index (χ1v) is 6.62. The van der Waals surface area contributed by atoms with Crippen molar-refractivity contribution in [3.05, 3.63) is 21.9 Å². The van der Waals surface area contributed by atoms with Gasteiger partial charge in [-0.25, -0.2) is 0 Å². The number of aryl methyl sites for hydroxylation is 1. The Hall–Kier alpha value is -0.380. The maximum Gasteiger partial charge on any atom is 0.0302 e. The van der Waals surface area contributed by atoms with Crippen LogP contribution in [0.4, 0.5) is 0 Å². The monoisotopic (exact) mass is 226 g/mol. The maximum atomic E-state index is 3.50. The molecular formula is C12H22N2S. The minimum absolute atomic E-state index is 1.02. The number of thiophene rings is 1. The van der Waals surface area contributed by atoms with Crippen molar-refractivity contribution in [3.8, 4) is 0 Å². The highest BCUT2D eigenvalue weighted by Crippen LogP contribution is 2.14. The van der Waals surface area contributed by atoms with Crippen LogP contribution in [0.1, 0.15) is 24.3 Å². The normalized spacial score (nSPS) is 11.2. The molecule has 0 atom stereocenters. The molecule has 0 bridgehead atoms. The number of likely N-dealkylation sites (N-methyl/N-ethyl adjacent to an activating group) is 1. The van der Waals surface area contributed by atoms with Gasteiger partial charge in [0.25, 0.3) is 0 Å². The van der Waals surface area contributed by atoms with Crippen LogP contribution in [-0.2, 0) is 6.54 Å².